The molecule has 1 fully saturated rings. The SMILES string of the molecule is CCN1CCN(C(=O)c2cccc(CSc3nnc(-c4ccc(C)cc4)n3-c3ccc(F)cc3)c2)CC1. The fourth-order valence-corrected chi connectivity index (χ4v) is 5.36. The van der Waals surface area contributed by atoms with Gasteiger partial charge in [-0.1, -0.05) is 60.6 Å². The normalized spacial score (nSPS) is 14.2. The monoisotopic (exact) mass is 515 g/mol. The Morgan fingerprint density at radius 1 is 0.946 bits per heavy atom. The van der Waals surface area contributed by atoms with E-state index in [4.69, 9.17) is 0 Å². The van der Waals surface area contributed by atoms with Crippen LogP contribution in [0.1, 0.15) is 28.4 Å². The Labute approximate surface area is 221 Å². The maximum atomic E-state index is 13.7. The second-order valence-electron chi connectivity index (χ2n) is 9.20. The Morgan fingerprint density at radius 3 is 2.38 bits per heavy atom. The molecular weight excluding hydrogens is 485 g/mol. The van der Waals surface area contributed by atoms with E-state index in [9.17, 15) is 9.18 Å². The fourth-order valence-electron chi connectivity index (χ4n) is 4.47. The second kappa shape index (κ2) is 11.3. The van der Waals surface area contributed by atoms with Gasteiger partial charge < -0.3 is 9.80 Å². The summed E-state index contributed by atoms with van der Waals surface area (Å²) in [4.78, 5) is 17.4. The molecule has 8 heteroatoms. The smallest absolute Gasteiger partial charge is 0.253 e. The van der Waals surface area contributed by atoms with Crippen LogP contribution in [-0.2, 0) is 5.75 Å². The van der Waals surface area contributed by atoms with E-state index in [1.807, 2.05) is 64.9 Å². The number of carbonyl (C=O) groups is 1. The number of nitrogens with zero attached hydrogens (tertiary/aromatic N) is 5. The number of aryl methyl sites for hydroxylation is 1. The van der Waals surface area contributed by atoms with Gasteiger partial charge in [-0.2, -0.15) is 0 Å². The lowest BCUT2D eigenvalue weighted by molar-refractivity contribution is 0.0643. The van der Waals surface area contributed by atoms with Crippen molar-refractivity contribution in [1.82, 2.24) is 24.6 Å². The molecule has 0 saturated carbocycles. The van der Waals surface area contributed by atoms with Crippen molar-refractivity contribution in [3.8, 4) is 17.1 Å². The Morgan fingerprint density at radius 2 is 1.68 bits per heavy atom. The summed E-state index contributed by atoms with van der Waals surface area (Å²) in [6, 6.07) is 22.3. The van der Waals surface area contributed by atoms with E-state index in [2.05, 4.69) is 22.0 Å². The van der Waals surface area contributed by atoms with Crippen LogP contribution in [0, 0.1) is 12.7 Å². The quantitative estimate of drug-likeness (QED) is 0.306. The summed E-state index contributed by atoms with van der Waals surface area (Å²) in [5.74, 6) is 1.11. The first kappa shape index (κ1) is 25.2. The number of hydrogen-bond donors (Lipinski definition) is 0. The standard InChI is InChI=1S/C29H30FN5OS/c1-3-33-15-17-34(18-16-33)28(36)24-6-4-5-22(19-24)20-37-29-32-31-27(23-9-7-21(2)8-10-23)35(29)26-13-11-25(30)12-14-26/h4-14,19H,3,15-18,20H2,1-2H3. The molecule has 0 N–H and O–H groups in total. The number of amides is 1. The first-order chi connectivity index (χ1) is 18.0. The van der Waals surface area contributed by atoms with Crippen LogP contribution in [0.3, 0.4) is 0 Å². The minimum absolute atomic E-state index is 0.0822. The molecule has 0 bridgehead atoms. The molecule has 37 heavy (non-hydrogen) atoms. The Kier molecular flexibility index (Phi) is 7.67. The van der Waals surface area contributed by atoms with E-state index >= 15 is 0 Å². The van der Waals surface area contributed by atoms with Gasteiger partial charge in [0.15, 0.2) is 11.0 Å². The summed E-state index contributed by atoms with van der Waals surface area (Å²) >= 11 is 1.54. The van der Waals surface area contributed by atoms with Crippen LogP contribution < -0.4 is 0 Å². The van der Waals surface area contributed by atoms with Crippen molar-refractivity contribution in [3.05, 3.63) is 95.3 Å². The number of hydrogen-bond acceptors (Lipinski definition) is 5. The third kappa shape index (κ3) is 5.76. The molecule has 1 aliphatic rings. The molecule has 4 aromatic rings. The van der Waals surface area contributed by atoms with Crippen LogP contribution in [0.15, 0.2) is 78.0 Å². The van der Waals surface area contributed by atoms with Gasteiger partial charge in [0.2, 0.25) is 0 Å². The first-order valence-electron chi connectivity index (χ1n) is 12.5. The van der Waals surface area contributed by atoms with Gasteiger partial charge in [0.25, 0.3) is 5.91 Å². The molecule has 6 nitrogen and oxygen atoms in total. The second-order valence-corrected chi connectivity index (χ2v) is 10.1. The molecular formula is C29H30FN5OS. The summed E-state index contributed by atoms with van der Waals surface area (Å²) < 4.78 is 15.6. The highest BCUT2D eigenvalue weighted by molar-refractivity contribution is 7.98. The van der Waals surface area contributed by atoms with E-state index in [-0.39, 0.29) is 11.7 Å². The minimum atomic E-state index is -0.291. The van der Waals surface area contributed by atoms with Gasteiger partial charge in [0.1, 0.15) is 5.82 Å². The average molecular weight is 516 g/mol. The molecule has 0 radical (unpaired) electrons. The summed E-state index contributed by atoms with van der Waals surface area (Å²) in [5.41, 5.74) is 4.63. The molecule has 5 rings (SSSR count). The minimum Gasteiger partial charge on any atom is -0.336 e. The zero-order chi connectivity index (χ0) is 25.8. The van der Waals surface area contributed by atoms with E-state index in [0.29, 0.717) is 22.3 Å². The number of aromatic nitrogens is 3. The summed E-state index contributed by atoms with van der Waals surface area (Å²) in [7, 11) is 0. The summed E-state index contributed by atoms with van der Waals surface area (Å²) in [6.45, 7) is 8.56. The highest BCUT2D eigenvalue weighted by Gasteiger charge is 2.22. The molecule has 0 spiro atoms. The van der Waals surface area contributed by atoms with E-state index in [0.717, 1.165) is 55.1 Å². The highest BCUT2D eigenvalue weighted by atomic mass is 32.2. The van der Waals surface area contributed by atoms with Crippen LogP contribution in [0.2, 0.25) is 0 Å². The number of piperazine rings is 1. The van der Waals surface area contributed by atoms with Gasteiger partial charge in [0.05, 0.1) is 0 Å². The number of carbonyl (C=O) groups excluding carboxylic acids is 1. The summed E-state index contributed by atoms with van der Waals surface area (Å²) in [5, 5.41) is 9.66. The van der Waals surface area contributed by atoms with Crippen molar-refractivity contribution < 1.29 is 9.18 Å². The molecule has 0 unspecified atom stereocenters. The molecule has 190 valence electrons. The number of halogens is 1. The maximum Gasteiger partial charge on any atom is 0.253 e. The predicted octanol–water partition coefficient (Wildman–Crippen LogP) is 5.45. The van der Waals surface area contributed by atoms with Crippen molar-refractivity contribution in [2.45, 2.75) is 24.8 Å². The molecule has 0 atom stereocenters. The highest BCUT2D eigenvalue weighted by Crippen LogP contribution is 2.30. The third-order valence-electron chi connectivity index (χ3n) is 6.68. The van der Waals surface area contributed by atoms with Gasteiger partial charge in [-0.3, -0.25) is 9.36 Å². The van der Waals surface area contributed by atoms with Gasteiger partial charge in [0, 0.05) is 48.7 Å². The van der Waals surface area contributed by atoms with Crippen molar-refractivity contribution in [3.63, 3.8) is 0 Å². The predicted molar refractivity (Wildman–Crippen MR) is 146 cm³/mol. The zero-order valence-corrected chi connectivity index (χ0v) is 21.9. The number of likely N-dealkylation sites (N-methyl/N-ethyl adjacent to an activating group) is 1. The number of thioether (sulfide) groups is 1. The first-order valence-corrected chi connectivity index (χ1v) is 13.5. The molecule has 1 amide bonds. The molecule has 1 aliphatic heterocycles. The summed E-state index contributed by atoms with van der Waals surface area (Å²) in [6.07, 6.45) is 0. The van der Waals surface area contributed by atoms with Gasteiger partial charge >= 0.3 is 0 Å². The van der Waals surface area contributed by atoms with Crippen molar-refractivity contribution >= 4 is 17.7 Å². The molecule has 0 aliphatic carbocycles. The lowest BCUT2D eigenvalue weighted by Crippen LogP contribution is -2.48. The van der Waals surface area contributed by atoms with Crippen LogP contribution in [0.25, 0.3) is 17.1 Å². The van der Waals surface area contributed by atoms with Crippen LogP contribution >= 0.6 is 11.8 Å². The van der Waals surface area contributed by atoms with E-state index in [1.165, 1.54) is 12.1 Å². The maximum absolute atomic E-state index is 13.7. The Bertz CT molecular complexity index is 1360. The molecule has 2 heterocycles. The molecule has 1 aromatic heterocycles. The molecule has 1 saturated heterocycles. The average Bonchev–Trinajstić information content (AvgIpc) is 3.36. The largest absolute Gasteiger partial charge is 0.336 e. The van der Waals surface area contributed by atoms with E-state index < -0.39 is 0 Å². The fraction of sp³-hybridized carbons (Fsp3) is 0.276. The zero-order valence-electron chi connectivity index (χ0n) is 21.1. The lowest BCUT2D eigenvalue weighted by Gasteiger charge is -2.34. The van der Waals surface area contributed by atoms with Gasteiger partial charge in [-0.15, -0.1) is 10.2 Å². The van der Waals surface area contributed by atoms with Crippen molar-refractivity contribution in [2.75, 3.05) is 32.7 Å². The van der Waals surface area contributed by atoms with E-state index in [1.54, 1.807) is 23.9 Å². The van der Waals surface area contributed by atoms with Crippen molar-refractivity contribution in [1.29, 1.82) is 0 Å². The van der Waals surface area contributed by atoms with Crippen LogP contribution in [0.4, 0.5) is 4.39 Å². The topological polar surface area (TPSA) is 54.3 Å². The number of rotatable bonds is 7. The van der Waals surface area contributed by atoms with Crippen LogP contribution in [0.5, 0.6) is 0 Å². The lowest BCUT2D eigenvalue weighted by atomic mass is 10.1. The Balaban J connectivity index is 1.37. The Hall–Kier alpha value is -3.49. The molecule has 3 aromatic carbocycles. The third-order valence-corrected chi connectivity index (χ3v) is 7.68. The number of benzene rings is 3. The van der Waals surface area contributed by atoms with Gasteiger partial charge in [-0.05, 0) is 55.4 Å². The van der Waals surface area contributed by atoms with Gasteiger partial charge in [-0.25, -0.2) is 4.39 Å². The van der Waals surface area contributed by atoms with Crippen molar-refractivity contribution in [2.24, 2.45) is 0 Å². The van der Waals surface area contributed by atoms with Crippen LogP contribution in [-0.4, -0.2) is 63.2 Å².